The number of rotatable bonds is 8. The highest BCUT2D eigenvalue weighted by Crippen LogP contribution is 2.37. The Balaban J connectivity index is 1.48. The molecule has 2 aliphatic heterocycles. The van der Waals surface area contributed by atoms with Crippen molar-refractivity contribution in [2.45, 2.75) is 49.3 Å². The first kappa shape index (κ1) is 25.5. The highest BCUT2D eigenvalue weighted by molar-refractivity contribution is 7.89. The van der Waals surface area contributed by atoms with Crippen molar-refractivity contribution in [3.63, 3.8) is 0 Å². The second-order valence-electron chi connectivity index (χ2n) is 9.61. The van der Waals surface area contributed by atoms with Gasteiger partial charge in [0, 0.05) is 25.6 Å². The highest BCUT2D eigenvalue weighted by Gasteiger charge is 2.50. The molecule has 11 heteroatoms. The van der Waals surface area contributed by atoms with Gasteiger partial charge in [-0.05, 0) is 43.0 Å². The molecule has 0 radical (unpaired) electrons. The first-order valence-electron chi connectivity index (χ1n) is 12.4. The van der Waals surface area contributed by atoms with Gasteiger partial charge in [0.15, 0.2) is 0 Å². The molecule has 0 spiro atoms. The van der Waals surface area contributed by atoms with Crippen LogP contribution in [0.25, 0.3) is 0 Å². The minimum atomic E-state index is -4.13. The van der Waals surface area contributed by atoms with E-state index < -0.39 is 27.9 Å². The van der Waals surface area contributed by atoms with Gasteiger partial charge in [0.2, 0.25) is 15.9 Å². The second-order valence-corrected chi connectivity index (χ2v) is 11.5. The number of benzene rings is 2. The third kappa shape index (κ3) is 5.16. The van der Waals surface area contributed by atoms with Gasteiger partial charge in [0.05, 0.1) is 36.5 Å². The smallest absolute Gasteiger partial charge is 0.244 e. The summed E-state index contributed by atoms with van der Waals surface area (Å²) in [6.07, 6.45) is 3.37. The van der Waals surface area contributed by atoms with Crippen molar-refractivity contribution >= 4 is 15.9 Å². The molecule has 0 aliphatic carbocycles. The molecule has 3 aromatic rings. The number of carbonyl (C=O) groups excluding carboxylic acids is 1. The Bertz CT molecular complexity index is 1350. The standard InChI is InChI=1S/C26H30FN5O4S/c1-36-18-20-16-30(17-22-14-28-29-31(22)15-19-7-3-2-4-8-19)26(33)25-12-6-11-24(20)32(25)37(34,35)23-10-5-9-21(27)13-23/h2-5,7-10,13-14,20,24-25H,6,11-12,15-18H2,1H3. The predicted octanol–water partition coefficient (Wildman–Crippen LogP) is 2.68. The summed E-state index contributed by atoms with van der Waals surface area (Å²) in [7, 11) is -2.55. The van der Waals surface area contributed by atoms with Crippen molar-refractivity contribution < 1.29 is 22.3 Å². The number of fused-ring (bicyclic) bond motifs is 2. The zero-order valence-electron chi connectivity index (χ0n) is 20.6. The topological polar surface area (TPSA) is 97.6 Å². The lowest BCUT2D eigenvalue weighted by Gasteiger charge is -2.40. The van der Waals surface area contributed by atoms with E-state index in [9.17, 15) is 17.6 Å². The number of amides is 1. The fourth-order valence-electron chi connectivity index (χ4n) is 5.49. The van der Waals surface area contributed by atoms with Gasteiger partial charge >= 0.3 is 0 Å². The highest BCUT2D eigenvalue weighted by atomic mass is 32.2. The van der Waals surface area contributed by atoms with Gasteiger partial charge in [-0.2, -0.15) is 4.31 Å². The first-order valence-corrected chi connectivity index (χ1v) is 13.8. The van der Waals surface area contributed by atoms with E-state index in [1.54, 1.807) is 22.9 Å². The Morgan fingerprint density at radius 1 is 1.08 bits per heavy atom. The lowest BCUT2D eigenvalue weighted by molar-refractivity contribution is -0.135. The molecule has 1 aromatic heterocycles. The summed E-state index contributed by atoms with van der Waals surface area (Å²) in [4.78, 5) is 15.5. The quantitative estimate of drug-likeness (QED) is 0.447. The molecule has 3 heterocycles. The average molecular weight is 528 g/mol. The Kier molecular flexibility index (Phi) is 7.36. The maximum atomic E-state index is 14.0. The van der Waals surface area contributed by atoms with Gasteiger partial charge in [0.1, 0.15) is 11.9 Å². The minimum Gasteiger partial charge on any atom is -0.384 e. The van der Waals surface area contributed by atoms with E-state index in [4.69, 9.17) is 4.74 Å². The molecule has 2 saturated heterocycles. The summed E-state index contributed by atoms with van der Waals surface area (Å²) >= 11 is 0. The van der Waals surface area contributed by atoms with E-state index in [1.807, 2.05) is 30.3 Å². The van der Waals surface area contributed by atoms with Gasteiger partial charge in [-0.3, -0.25) is 4.79 Å². The van der Waals surface area contributed by atoms with Gasteiger partial charge < -0.3 is 9.64 Å². The summed E-state index contributed by atoms with van der Waals surface area (Å²) < 4.78 is 50.2. The van der Waals surface area contributed by atoms with Crippen LogP contribution < -0.4 is 0 Å². The zero-order chi connectivity index (χ0) is 26.0. The second kappa shape index (κ2) is 10.7. The molecule has 9 nitrogen and oxygen atoms in total. The number of carbonyl (C=O) groups is 1. The SMILES string of the molecule is COCC1CN(Cc2cnnn2Cc2ccccc2)C(=O)C2CCCC1N2S(=O)(=O)c1cccc(F)c1. The molecular formula is C26H30FN5O4S. The number of ether oxygens (including phenoxy) is 1. The number of hydrogen-bond donors (Lipinski definition) is 0. The van der Waals surface area contributed by atoms with Crippen LogP contribution in [0.1, 0.15) is 30.5 Å². The number of halogens is 1. The maximum Gasteiger partial charge on any atom is 0.244 e. The van der Waals surface area contributed by atoms with Crippen molar-refractivity contribution in [1.29, 1.82) is 0 Å². The van der Waals surface area contributed by atoms with Crippen molar-refractivity contribution in [2.75, 3.05) is 20.3 Å². The molecule has 3 atom stereocenters. The number of piperidine rings is 1. The van der Waals surface area contributed by atoms with Crippen LogP contribution in [-0.2, 0) is 32.6 Å². The number of hydrogen-bond acceptors (Lipinski definition) is 6. The molecule has 3 unspecified atom stereocenters. The monoisotopic (exact) mass is 527 g/mol. The Morgan fingerprint density at radius 2 is 1.89 bits per heavy atom. The van der Waals surface area contributed by atoms with Gasteiger partial charge in [-0.25, -0.2) is 17.5 Å². The first-order chi connectivity index (χ1) is 17.9. The van der Waals surface area contributed by atoms with E-state index >= 15 is 0 Å². The van der Waals surface area contributed by atoms with Gasteiger partial charge in [-0.1, -0.05) is 41.6 Å². The fraction of sp³-hybridized carbons (Fsp3) is 0.423. The molecule has 37 heavy (non-hydrogen) atoms. The summed E-state index contributed by atoms with van der Waals surface area (Å²) in [5.74, 6) is -1.15. The van der Waals surface area contributed by atoms with E-state index in [0.29, 0.717) is 25.9 Å². The summed E-state index contributed by atoms with van der Waals surface area (Å²) in [5.41, 5.74) is 1.81. The van der Waals surface area contributed by atoms with E-state index in [2.05, 4.69) is 10.3 Å². The lowest BCUT2D eigenvalue weighted by Crippen LogP contribution is -2.55. The number of aromatic nitrogens is 3. The lowest BCUT2D eigenvalue weighted by atomic mass is 9.91. The Labute approximate surface area is 215 Å². The van der Waals surface area contributed by atoms with Crippen molar-refractivity contribution in [3.05, 3.63) is 77.9 Å². The summed E-state index contributed by atoms with van der Waals surface area (Å²) in [6, 6.07) is 13.5. The molecule has 2 bridgehead atoms. The van der Waals surface area contributed by atoms with Gasteiger partial charge in [-0.15, -0.1) is 5.10 Å². The Morgan fingerprint density at radius 3 is 2.65 bits per heavy atom. The molecule has 1 amide bonds. The summed E-state index contributed by atoms with van der Waals surface area (Å²) in [6.45, 7) is 1.37. The largest absolute Gasteiger partial charge is 0.384 e. The third-order valence-electron chi connectivity index (χ3n) is 7.19. The van der Waals surface area contributed by atoms with Crippen LogP contribution in [0.5, 0.6) is 0 Å². The van der Waals surface area contributed by atoms with Crippen LogP contribution in [0.2, 0.25) is 0 Å². The molecule has 5 rings (SSSR count). The predicted molar refractivity (Wildman–Crippen MR) is 133 cm³/mol. The van der Waals surface area contributed by atoms with Crippen LogP contribution in [-0.4, -0.2) is 70.9 Å². The van der Waals surface area contributed by atoms with E-state index in [-0.39, 0.29) is 29.9 Å². The Hall–Kier alpha value is -3.15. The number of nitrogens with zero attached hydrogens (tertiary/aromatic N) is 5. The van der Waals surface area contributed by atoms with Crippen LogP contribution in [0.3, 0.4) is 0 Å². The van der Waals surface area contributed by atoms with Crippen LogP contribution in [0, 0.1) is 11.7 Å². The van der Waals surface area contributed by atoms with Crippen LogP contribution in [0.15, 0.2) is 65.7 Å². The average Bonchev–Trinajstić information content (AvgIpc) is 3.31. The molecule has 196 valence electrons. The molecule has 2 aromatic carbocycles. The van der Waals surface area contributed by atoms with Crippen molar-refractivity contribution in [2.24, 2.45) is 5.92 Å². The molecule has 0 saturated carbocycles. The zero-order valence-corrected chi connectivity index (χ0v) is 21.4. The normalized spacial score (nSPS) is 22.7. The van der Waals surface area contributed by atoms with Crippen LogP contribution in [0.4, 0.5) is 4.39 Å². The third-order valence-corrected chi connectivity index (χ3v) is 9.12. The molecule has 0 N–H and O–H groups in total. The maximum absolute atomic E-state index is 14.0. The summed E-state index contributed by atoms with van der Waals surface area (Å²) in [5, 5.41) is 8.28. The number of methoxy groups -OCH3 is 1. The van der Waals surface area contributed by atoms with Crippen molar-refractivity contribution in [3.8, 4) is 0 Å². The molecular weight excluding hydrogens is 497 g/mol. The van der Waals surface area contributed by atoms with E-state index in [1.165, 1.54) is 22.5 Å². The molecule has 2 fully saturated rings. The number of sulfonamides is 1. The molecule has 2 aliphatic rings. The van der Waals surface area contributed by atoms with Crippen molar-refractivity contribution in [1.82, 2.24) is 24.2 Å². The fourth-order valence-corrected chi connectivity index (χ4v) is 7.41. The minimum absolute atomic E-state index is 0.146. The van der Waals surface area contributed by atoms with Crippen LogP contribution >= 0.6 is 0 Å². The van der Waals surface area contributed by atoms with Gasteiger partial charge in [0.25, 0.3) is 0 Å². The van der Waals surface area contributed by atoms with E-state index in [0.717, 1.165) is 23.7 Å².